The molecule has 4 aromatic rings. The Kier molecular flexibility index (Phi) is 7.32. The van der Waals surface area contributed by atoms with Crippen LogP contribution in [0.1, 0.15) is 22.7 Å². The zero-order valence-electron chi connectivity index (χ0n) is 23.5. The molecule has 2 saturated heterocycles. The van der Waals surface area contributed by atoms with E-state index in [-0.39, 0.29) is 23.5 Å². The molecule has 0 aliphatic carbocycles. The Labute approximate surface area is 251 Å². The number of benzene rings is 4. The summed E-state index contributed by atoms with van der Waals surface area (Å²) in [5.41, 5.74) is -0.765. The molecule has 2 aliphatic rings. The van der Waals surface area contributed by atoms with Gasteiger partial charge in [-0.1, -0.05) is 78.9 Å². The molecule has 0 aromatic heterocycles. The number of nitro groups is 1. The van der Waals surface area contributed by atoms with Crippen LogP contribution in [0.4, 0.5) is 11.4 Å². The molecule has 2 heterocycles. The molecule has 11 heteroatoms. The van der Waals surface area contributed by atoms with Gasteiger partial charge in [-0.2, -0.15) is 0 Å². The number of anilines is 1. The van der Waals surface area contributed by atoms with Crippen molar-refractivity contribution >= 4 is 29.2 Å². The fourth-order valence-corrected chi connectivity index (χ4v) is 6.28. The van der Waals surface area contributed by atoms with Crippen LogP contribution in [0.5, 0.6) is 11.5 Å². The van der Waals surface area contributed by atoms with E-state index in [1.807, 2.05) is 30.3 Å². The van der Waals surface area contributed by atoms with Crippen molar-refractivity contribution in [1.29, 1.82) is 0 Å². The summed E-state index contributed by atoms with van der Waals surface area (Å²) >= 11 is 0. The molecule has 2 amide bonds. The molecule has 0 saturated carbocycles. The van der Waals surface area contributed by atoms with Gasteiger partial charge in [-0.25, -0.2) is 9.69 Å². The van der Waals surface area contributed by atoms with Gasteiger partial charge in [-0.3, -0.25) is 25.0 Å². The van der Waals surface area contributed by atoms with E-state index in [9.17, 15) is 29.6 Å². The molecule has 44 heavy (non-hydrogen) atoms. The number of ether oxygens (including phenoxy) is 2. The Morgan fingerprint density at radius 2 is 1.64 bits per heavy atom. The number of nitrogens with zero attached hydrogens (tertiary/aromatic N) is 2. The zero-order chi connectivity index (χ0) is 31.0. The molecule has 11 nitrogen and oxygen atoms in total. The lowest BCUT2D eigenvalue weighted by molar-refractivity contribution is -0.384. The number of methoxy groups -OCH3 is 1. The van der Waals surface area contributed by atoms with E-state index in [4.69, 9.17) is 9.47 Å². The number of carbonyl (C=O) groups excluding carboxylic acids is 2. The van der Waals surface area contributed by atoms with Gasteiger partial charge in [0.05, 0.1) is 29.6 Å². The zero-order valence-corrected chi connectivity index (χ0v) is 23.5. The summed E-state index contributed by atoms with van der Waals surface area (Å²) in [6.07, 6.45) is 0. The van der Waals surface area contributed by atoms with Crippen LogP contribution in [0.2, 0.25) is 0 Å². The Hall–Kier alpha value is -5.55. The highest BCUT2D eigenvalue weighted by molar-refractivity contribution is 6.24. The van der Waals surface area contributed by atoms with Gasteiger partial charge < -0.3 is 14.6 Å². The second-order valence-corrected chi connectivity index (χ2v) is 10.5. The number of hydrogen-bond donors (Lipinski definition) is 2. The smallest absolute Gasteiger partial charge is 0.329 e. The summed E-state index contributed by atoms with van der Waals surface area (Å²) in [5.74, 6) is -4.77. The number of aliphatic carboxylic acids is 1. The topological polar surface area (TPSA) is 148 Å². The number of carboxylic acid groups (broad SMARTS) is 1. The molecule has 0 radical (unpaired) electrons. The Morgan fingerprint density at radius 1 is 0.955 bits per heavy atom. The third-order valence-electron chi connectivity index (χ3n) is 8.22. The van der Waals surface area contributed by atoms with E-state index in [0.29, 0.717) is 17.1 Å². The van der Waals surface area contributed by atoms with Crippen LogP contribution in [0.25, 0.3) is 0 Å². The number of nitrogens with one attached hydrogen (secondary N) is 1. The molecule has 4 unspecified atom stereocenters. The monoisotopic (exact) mass is 593 g/mol. The Bertz CT molecular complexity index is 1760. The van der Waals surface area contributed by atoms with Crippen molar-refractivity contribution in [3.8, 4) is 11.5 Å². The molecule has 4 atom stereocenters. The molecule has 4 aromatic carbocycles. The average Bonchev–Trinajstić information content (AvgIpc) is 3.54. The third kappa shape index (κ3) is 4.54. The van der Waals surface area contributed by atoms with Gasteiger partial charge in [-0.15, -0.1) is 0 Å². The Balaban J connectivity index is 1.52. The van der Waals surface area contributed by atoms with Crippen molar-refractivity contribution in [2.45, 2.75) is 18.2 Å². The molecule has 222 valence electrons. The minimum atomic E-state index is -2.02. The predicted molar refractivity (Wildman–Crippen MR) is 158 cm³/mol. The van der Waals surface area contributed by atoms with Crippen molar-refractivity contribution in [3.05, 3.63) is 130 Å². The molecule has 6 rings (SSSR count). The van der Waals surface area contributed by atoms with E-state index in [1.54, 1.807) is 48.5 Å². The molecule has 2 N–H and O–H groups in total. The second-order valence-electron chi connectivity index (χ2n) is 10.5. The first-order valence-electron chi connectivity index (χ1n) is 13.8. The quantitative estimate of drug-likeness (QED) is 0.161. The highest BCUT2D eigenvalue weighted by Gasteiger charge is 2.69. The van der Waals surface area contributed by atoms with Crippen LogP contribution in [-0.4, -0.2) is 34.9 Å². The van der Waals surface area contributed by atoms with Crippen molar-refractivity contribution in [2.24, 2.45) is 11.8 Å². The molecular weight excluding hydrogens is 566 g/mol. The minimum absolute atomic E-state index is 0.0131. The van der Waals surface area contributed by atoms with Crippen molar-refractivity contribution in [2.75, 3.05) is 12.0 Å². The highest BCUT2D eigenvalue weighted by Crippen LogP contribution is 2.55. The lowest BCUT2D eigenvalue weighted by Gasteiger charge is -2.32. The highest BCUT2D eigenvalue weighted by atomic mass is 16.6. The molecule has 2 fully saturated rings. The maximum atomic E-state index is 14.3. The minimum Gasteiger partial charge on any atom is -0.493 e. The summed E-state index contributed by atoms with van der Waals surface area (Å²) < 4.78 is 11.9. The van der Waals surface area contributed by atoms with Crippen LogP contribution in [0, 0.1) is 22.0 Å². The number of carboxylic acids is 1. The van der Waals surface area contributed by atoms with Crippen LogP contribution in [-0.2, 0) is 26.5 Å². The van der Waals surface area contributed by atoms with Crippen molar-refractivity contribution < 1.29 is 33.9 Å². The normalized spacial score (nSPS) is 22.5. The maximum Gasteiger partial charge on any atom is 0.329 e. The third-order valence-corrected chi connectivity index (χ3v) is 8.22. The van der Waals surface area contributed by atoms with Gasteiger partial charge in [0.25, 0.3) is 5.69 Å². The summed E-state index contributed by atoms with van der Waals surface area (Å²) in [4.78, 5) is 53.6. The fraction of sp³-hybridized carbons (Fsp3) is 0.182. The van der Waals surface area contributed by atoms with Crippen LogP contribution >= 0.6 is 0 Å². The number of rotatable bonds is 9. The SMILES string of the molecule is COc1cccc(C2NC(C(=O)O)(c3ccccc3)C3C(=O)N(c4cccc([N+](=O)[O-])c4)C(=O)C23)c1OCc1ccccc1. The fourth-order valence-electron chi connectivity index (χ4n) is 6.28. The molecule has 0 spiro atoms. The summed E-state index contributed by atoms with van der Waals surface area (Å²) in [6.45, 7) is 0.157. The maximum absolute atomic E-state index is 14.3. The number of fused-ring (bicyclic) bond motifs is 1. The lowest BCUT2D eigenvalue weighted by atomic mass is 9.75. The van der Waals surface area contributed by atoms with Gasteiger partial charge in [0, 0.05) is 23.7 Å². The predicted octanol–water partition coefficient (Wildman–Crippen LogP) is 4.61. The van der Waals surface area contributed by atoms with Crippen molar-refractivity contribution in [1.82, 2.24) is 5.32 Å². The van der Waals surface area contributed by atoms with E-state index in [2.05, 4.69) is 5.32 Å². The van der Waals surface area contributed by atoms with E-state index in [1.165, 1.54) is 25.3 Å². The molecular formula is C33H27N3O8. The standard InChI is InChI=1S/C33H27N3O8/c1-43-25-17-9-16-24(29(25)44-19-20-10-4-2-5-11-20)28-26-27(33(34-28,32(39)40)21-12-6-3-7-13-21)31(38)35(30(26)37)22-14-8-15-23(18-22)36(41)42/h2-18,26-28,34H,19H2,1H3,(H,39,40). The number of imide groups is 1. The summed E-state index contributed by atoms with van der Waals surface area (Å²) in [7, 11) is 1.47. The van der Waals surface area contributed by atoms with E-state index >= 15 is 0 Å². The largest absolute Gasteiger partial charge is 0.493 e. The first-order chi connectivity index (χ1) is 21.3. The first-order valence-corrected chi connectivity index (χ1v) is 13.8. The molecule has 0 bridgehead atoms. The van der Waals surface area contributed by atoms with Crippen LogP contribution in [0.15, 0.2) is 103 Å². The van der Waals surface area contributed by atoms with Crippen LogP contribution in [0.3, 0.4) is 0 Å². The van der Waals surface area contributed by atoms with Gasteiger partial charge >= 0.3 is 5.97 Å². The first kappa shape index (κ1) is 28.6. The number of para-hydroxylation sites is 1. The lowest BCUT2D eigenvalue weighted by Crippen LogP contribution is -2.53. The van der Waals surface area contributed by atoms with Crippen LogP contribution < -0.4 is 19.7 Å². The summed E-state index contributed by atoms with van der Waals surface area (Å²) in [6, 6.07) is 26.9. The van der Waals surface area contributed by atoms with E-state index in [0.717, 1.165) is 16.5 Å². The van der Waals surface area contributed by atoms with Gasteiger partial charge in [0.15, 0.2) is 17.0 Å². The number of hydrogen-bond acceptors (Lipinski definition) is 8. The number of amides is 2. The van der Waals surface area contributed by atoms with E-state index < -0.39 is 46.1 Å². The second kappa shape index (κ2) is 11.3. The van der Waals surface area contributed by atoms with Crippen molar-refractivity contribution in [3.63, 3.8) is 0 Å². The van der Waals surface area contributed by atoms with Gasteiger partial charge in [0.2, 0.25) is 11.8 Å². The van der Waals surface area contributed by atoms with Gasteiger partial charge in [0.1, 0.15) is 6.61 Å². The number of non-ortho nitro benzene ring substituents is 1. The number of carbonyl (C=O) groups is 3. The average molecular weight is 594 g/mol. The number of nitro benzene ring substituents is 1. The summed E-state index contributed by atoms with van der Waals surface area (Å²) in [5, 5.41) is 25.5. The Morgan fingerprint density at radius 3 is 2.30 bits per heavy atom. The van der Waals surface area contributed by atoms with Gasteiger partial charge in [-0.05, 0) is 23.3 Å². The molecule has 2 aliphatic heterocycles.